The molecule has 12 aromatic rings. The Bertz CT molecular complexity index is 3300. The second kappa shape index (κ2) is 13.1. The van der Waals surface area contributed by atoms with Gasteiger partial charge in [0.2, 0.25) is 0 Å². The summed E-state index contributed by atoms with van der Waals surface area (Å²) in [5.74, 6) is 0. The van der Waals surface area contributed by atoms with Crippen LogP contribution in [-0.2, 0) is 0 Å². The molecule has 0 bridgehead atoms. The van der Waals surface area contributed by atoms with Crippen LogP contribution in [-0.4, -0.2) is 4.57 Å². The van der Waals surface area contributed by atoms with E-state index >= 15 is 0 Å². The van der Waals surface area contributed by atoms with Crippen LogP contribution in [0, 0.1) is 0 Å². The maximum atomic E-state index is 6.14. The molecule has 4 heteroatoms. The first kappa shape index (κ1) is 32.8. The van der Waals surface area contributed by atoms with Crippen LogP contribution < -0.4 is 4.90 Å². The number of nitrogens with zero attached hydrogens (tertiary/aromatic N) is 2. The van der Waals surface area contributed by atoms with Gasteiger partial charge in [0.25, 0.3) is 0 Å². The summed E-state index contributed by atoms with van der Waals surface area (Å²) in [7, 11) is 0. The van der Waals surface area contributed by atoms with Gasteiger partial charge in [-0.15, -0.1) is 11.3 Å². The molecule has 0 radical (unpaired) electrons. The van der Waals surface area contributed by atoms with Crippen molar-refractivity contribution in [3.05, 3.63) is 206 Å². The summed E-state index contributed by atoms with van der Waals surface area (Å²) in [6.07, 6.45) is 0. The molecule has 58 heavy (non-hydrogen) atoms. The molecule has 0 atom stereocenters. The Morgan fingerprint density at radius 1 is 0.345 bits per heavy atom. The molecule has 9 aromatic carbocycles. The van der Waals surface area contributed by atoms with Crippen molar-refractivity contribution in [2.75, 3.05) is 4.90 Å². The number of rotatable bonds is 6. The first-order valence-electron chi connectivity index (χ1n) is 19.7. The van der Waals surface area contributed by atoms with Gasteiger partial charge in [-0.25, -0.2) is 0 Å². The third kappa shape index (κ3) is 5.27. The molecule has 0 unspecified atom stereocenters. The number of aromatic nitrogens is 1. The standard InChI is InChI=1S/C54H34N2OS/c1-5-16-49-43(12-1)44-13-2-6-17-50(44)56(49)42-11-9-10-41(34-42)55(39-26-20-35(21-27-39)37-24-30-52-47(32-37)45-14-3-7-18-51(45)57-52)40-28-22-36(23-29-40)38-25-31-54-48(33-38)46-15-4-8-19-53(46)58-54/h1-34H. The highest BCUT2D eigenvalue weighted by Gasteiger charge is 2.18. The van der Waals surface area contributed by atoms with Crippen LogP contribution in [0.15, 0.2) is 211 Å². The summed E-state index contributed by atoms with van der Waals surface area (Å²) in [5.41, 5.74) is 13.3. The zero-order chi connectivity index (χ0) is 38.2. The van der Waals surface area contributed by atoms with Crippen molar-refractivity contribution in [2.45, 2.75) is 0 Å². The van der Waals surface area contributed by atoms with E-state index in [0.717, 1.165) is 55.8 Å². The van der Waals surface area contributed by atoms with Crippen molar-refractivity contribution >= 4 is 92.3 Å². The Morgan fingerprint density at radius 2 is 0.879 bits per heavy atom. The number of thiophene rings is 1. The van der Waals surface area contributed by atoms with Crippen molar-refractivity contribution in [2.24, 2.45) is 0 Å². The maximum Gasteiger partial charge on any atom is 0.135 e. The number of anilines is 3. The molecule has 0 aliphatic heterocycles. The van der Waals surface area contributed by atoms with Crippen LogP contribution in [0.2, 0.25) is 0 Å². The van der Waals surface area contributed by atoms with Crippen LogP contribution in [0.5, 0.6) is 0 Å². The van der Waals surface area contributed by atoms with Crippen LogP contribution >= 0.6 is 11.3 Å². The van der Waals surface area contributed by atoms with Gasteiger partial charge in [0.1, 0.15) is 11.2 Å². The zero-order valence-corrected chi connectivity index (χ0v) is 32.2. The second-order valence-corrected chi connectivity index (χ2v) is 16.0. The molecule has 0 spiro atoms. The minimum atomic E-state index is 0.905. The Morgan fingerprint density at radius 3 is 1.59 bits per heavy atom. The molecule has 0 fully saturated rings. The zero-order valence-electron chi connectivity index (χ0n) is 31.3. The Hall–Kier alpha value is -7.40. The van der Waals surface area contributed by atoms with Crippen molar-refractivity contribution in [1.82, 2.24) is 4.57 Å². The largest absolute Gasteiger partial charge is 0.456 e. The average Bonchev–Trinajstić information content (AvgIpc) is 3.96. The predicted octanol–water partition coefficient (Wildman–Crippen LogP) is 15.9. The number of hydrogen-bond acceptors (Lipinski definition) is 3. The molecule has 0 amide bonds. The SMILES string of the molecule is c1cc(N(c2ccc(-c3ccc4oc5ccccc5c4c3)cc2)c2ccc(-c3ccc4sc5ccccc5c4c3)cc2)cc(-n2c3ccccc3c3ccccc32)c1. The summed E-state index contributed by atoms with van der Waals surface area (Å²) in [4.78, 5) is 2.37. The molecular weight excluding hydrogens is 725 g/mol. The third-order valence-corrected chi connectivity index (χ3v) is 12.7. The maximum absolute atomic E-state index is 6.14. The van der Waals surface area contributed by atoms with Crippen molar-refractivity contribution in [3.8, 4) is 27.9 Å². The monoisotopic (exact) mass is 758 g/mol. The van der Waals surface area contributed by atoms with E-state index in [0.29, 0.717) is 0 Å². The Balaban J connectivity index is 0.975. The highest BCUT2D eigenvalue weighted by atomic mass is 32.1. The highest BCUT2D eigenvalue weighted by Crippen LogP contribution is 2.41. The van der Waals surface area contributed by atoms with E-state index < -0.39 is 0 Å². The fraction of sp³-hybridized carbons (Fsp3) is 0. The molecule has 3 heterocycles. The Kier molecular flexibility index (Phi) is 7.40. The normalized spacial score (nSPS) is 11.8. The molecule has 12 rings (SSSR count). The summed E-state index contributed by atoms with van der Waals surface area (Å²) in [6, 6.07) is 74.6. The molecule has 0 aliphatic carbocycles. The Labute approximate surface area is 338 Å². The van der Waals surface area contributed by atoms with Gasteiger partial charge in [-0.05, 0) is 113 Å². The first-order valence-corrected chi connectivity index (χ1v) is 20.5. The van der Waals surface area contributed by atoms with Gasteiger partial charge in [0, 0.05) is 64.5 Å². The van der Waals surface area contributed by atoms with Gasteiger partial charge >= 0.3 is 0 Å². The summed E-state index contributed by atoms with van der Waals surface area (Å²) in [5, 5.41) is 7.40. The van der Waals surface area contributed by atoms with Crippen molar-refractivity contribution in [1.29, 1.82) is 0 Å². The van der Waals surface area contributed by atoms with Crippen molar-refractivity contribution in [3.63, 3.8) is 0 Å². The van der Waals surface area contributed by atoms with Gasteiger partial charge in [-0.3, -0.25) is 0 Å². The van der Waals surface area contributed by atoms with E-state index in [1.807, 2.05) is 23.5 Å². The predicted molar refractivity (Wildman–Crippen MR) is 247 cm³/mol. The molecule has 3 aromatic heterocycles. The first-order chi connectivity index (χ1) is 28.7. The van der Waals surface area contributed by atoms with E-state index in [1.54, 1.807) is 0 Å². The summed E-state index contributed by atoms with van der Waals surface area (Å²) < 4.78 is 11.2. The second-order valence-electron chi connectivity index (χ2n) is 14.9. The fourth-order valence-electron chi connectivity index (χ4n) is 8.84. The lowest BCUT2D eigenvalue weighted by Crippen LogP contribution is -2.10. The fourth-order valence-corrected chi connectivity index (χ4v) is 9.92. The number of fused-ring (bicyclic) bond motifs is 9. The lowest BCUT2D eigenvalue weighted by molar-refractivity contribution is 0.669. The van der Waals surface area contributed by atoms with Gasteiger partial charge in [0.05, 0.1) is 11.0 Å². The smallest absolute Gasteiger partial charge is 0.135 e. The topological polar surface area (TPSA) is 21.3 Å². The number of para-hydroxylation sites is 3. The highest BCUT2D eigenvalue weighted by molar-refractivity contribution is 7.25. The van der Waals surface area contributed by atoms with E-state index in [9.17, 15) is 0 Å². The van der Waals surface area contributed by atoms with E-state index in [2.05, 4.69) is 204 Å². The molecule has 0 saturated heterocycles. The van der Waals surface area contributed by atoms with Crippen molar-refractivity contribution < 1.29 is 4.42 Å². The van der Waals surface area contributed by atoms with Crippen LogP contribution in [0.3, 0.4) is 0 Å². The minimum Gasteiger partial charge on any atom is -0.456 e. The average molecular weight is 759 g/mol. The number of benzene rings is 9. The van der Waals surface area contributed by atoms with Crippen LogP contribution in [0.1, 0.15) is 0 Å². The molecule has 0 aliphatic rings. The van der Waals surface area contributed by atoms with Crippen LogP contribution in [0.25, 0.3) is 91.9 Å². The van der Waals surface area contributed by atoms with Crippen LogP contribution in [0.4, 0.5) is 17.1 Å². The van der Waals surface area contributed by atoms with Gasteiger partial charge in [0.15, 0.2) is 0 Å². The van der Waals surface area contributed by atoms with Gasteiger partial charge in [-0.2, -0.15) is 0 Å². The molecule has 0 N–H and O–H groups in total. The van der Waals surface area contributed by atoms with E-state index in [1.165, 1.54) is 53.1 Å². The molecule has 0 saturated carbocycles. The lowest BCUT2D eigenvalue weighted by atomic mass is 10.0. The summed E-state index contributed by atoms with van der Waals surface area (Å²) in [6.45, 7) is 0. The quantitative estimate of drug-likeness (QED) is 0.168. The minimum absolute atomic E-state index is 0.905. The summed E-state index contributed by atoms with van der Waals surface area (Å²) >= 11 is 1.86. The molecule has 272 valence electrons. The number of hydrogen-bond donors (Lipinski definition) is 0. The van der Waals surface area contributed by atoms with Gasteiger partial charge in [-0.1, -0.05) is 115 Å². The van der Waals surface area contributed by atoms with Gasteiger partial charge < -0.3 is 13.9 Å². The van der Waals surface area contributed by atoms with E-state index in [-0.39, 0.29) is 0 Å². The number of furan rings is 1. The molecule has 3 nitrogen and oxygen atoms in total. The van der Waals surface area contributed by atoms with E-state index in [4.69, 9.17) is 4.42 Å². The third-order valence-electron chi connectivity index (χ3n) is 11.6. The molecular formula is C54H34N2OS. The lowest BCUT2D eigenvalue weighted by Gasteiger charge is -2.26.